The van der Waals surface area contributed by atoms with Crippen molar-refractivity contribution >= 4 is 27.5 Å². The van der Waals surface area contributed by atoms with E-state index >= 15 is 0 Å². The zero-order valence-corrected chi connectivity index (χ0v) is 21.9. The standard InChI is InChI=1S/C27H39N3O4S/c1-3-27(30-13-16-33-17-14-30)9-6-20(7-10-27)34-21-8-11-28-26-25(21)24-19(4-5-22(24)35-26)18-23(32)29(2)12-15-31/h8,11,19-20,31H,3-7,9-10,12-18H2,1-2H3/t19-,20-,27-/m1/s1. The average molecular weight is 502 g/mol. The summed E-state index contributed by atoms with van der Waals surface area (Å²) in [5.74, 6) is 1.23. The van der Waals surface area contributed by atoms with Crippen molar-refractivity contribution in [3.8, 4) is 5.75 Å². The maximum atomic E-state index is 12.7. The zero-order chi connectivity index (χ0) is 24.4. The van der Waals surface area contributed by atoms with Crippen LogP contribution in [0.15, 0.2) is 12.3 Å². The highest BCUT2D eigenvalue weighted by Gasteiger charge is 2.40. The quantitative estimate of drug-likeness (QED) is 0.590. The van der Waals surface area contributed by atoms with E-state index in [2.05, 4.69) is 16.8 Å². The number of aliphatic hydroxyl groups excluding tert-OH is 1. The number of likely N-dealkylation sites (N-methyl/N-ethyl adjacent to an activating group) is 1. The van der Waals surface area contributed by atoms with Crippen molar-refractivity contribution in [2.45, 2.75) is 75.9 Å². The zero-order valence-electron chi connectivity index (χ0n) is 21.1. The molecule has 2 aromatic heterocycles. The number of thiophene rings is 1. The van der Waals surface area contributed by atoms with Gasteiger partial charge in [0.1, 0.15) is 10.6 Å². The molecule has 3 heterocycles. The number of hydrogen-bond donors (Lipinski definition) is 1. The number of carbonyl (C=O) groups is 1. The Balaban J connectivity index is 1.32. The summed E-state index contributed by atoms with van der Waals surface area (Å²) in [5.41, 5.74) is 1.57. The number of morpholine rings is 1. The molecule has 2 aromatic rings. The lowest BCUT2D eigenvalue weighted by Crippen LogP contribution is -2.55. The van der Waals surface area contributed by atoms with Gasteiger partial charge in [0, 0.05) is 49.7 Å². The number of aliphatic hydroxyl groups is 1. The summed E-state index contributed by atoms with van der Waals surface area (Å²) in [6, 6.07) is 2.02. The number of pyridine rings is 1. The molecule has 5 rings (SSSR count). The Morgan fingerprint density at radius 1 is 1.31 bits per heavy atom. The van der Waals surface area contributed by atoms with Crippen LogP contribution in [-0.2, 0) is 16.0 Å². The fourth-order valence-corrected chi connectivity index (χ4v) is 7.69. The van der Waals surface area contributed by atoms with E-state index in [-0.39, 0.29) is 30.1 Å². The molecule has 8 heteroatoms. The first-order chi connectivity index (χ1) is 17.0. The first kappa shape index (κ1) is 24.9. The Hall–Kier alpha value is -1.74. The molecule has 0 bridgehead atoms. The van der Waals surface area contributed by atoms with Crippen molar-refractivity contribution in [3.05, 3.63) is 22.7 Å². The molecular weight excluding hydrogens is 462 g/mol. The van der Waals surface area contributed by atoms with Gasteiger partial charge in [-0.15, -0.1) is 11.3 Å². The number of nitrogens with zero attached hydrogens (tertiary/aromatic N) is 3. The molecule has 1 atom stereocenters. The predicted molar refractivity (Wildman–Crippen MR) is 138 cm³/mol. The highest BCUT2D eigenvalue weighted by atomic mass is 32.1. The molecular formula is C27H39N3O4S. The largest absolute Gasteiger partial charge is 0.490 e. The Labute approximate surface area is 212 Å². The van der Waals surface area contributed by atoms with Crippen LogP contribution in [0.5, 0.6) is 5.75 Å². The first-order valence-corrected chi connectivity index (χ1v) is 14.1. The summed E-state index contributed by atoms with van der Waals surface area (Å²) in [6.45, 7) is 6.48. The van der Waals surface area contributed by atoms with Crippen LogP contribution < -0.4 is 4.74 Å². The van der Waals surface area contributed by atoms with Crippen LogP contribution in [-0.4, -0.2) is 83.9 Å². The number of ether oxygens (including phenoxy) is 2. The summed E-state index contributed by atoms with van der Waals surface area (Å²) in [7, 11) is 1.77. The van der Waals surface area contributed by atoms with E-state index in [4.69, 9.17) is 9.47 Å². The summed E-state index contributed by atoms with van der Waals surface area (Å²) in [4.78, 5) is 24.1. The number of fused-ring (bicyclic) bond motifs is 3. The van der Waals surface area contributed by atoms with Crippen LogP contribution in [0.3, 0.4) is 0 Å². The molecule has 7 nitrogen and oxygen atoms in total. The van der Waals surface area contributed by atoms with E-state index in [1.54, 1.807) is 23.3 Å². The second-order valence-electron chi connectivity index (χ2n) is 10.4. The highest BCUT2D eigenvalue weighted by molar-refractivity contribution is 7.19. The SMILES string of the molecule is CC[C@]1(N2CCOCC2)CC[C@H](Oc2ccnc3sc4c(c23)[C@@H](CC(=O)N(C)CCO)CC4)CC1. The van der Waals surface area contributed by atoms with Crippen LogP contribution in [0.1, 0.15) is 68.2 Å². The maximum Gasteiger partial charge on any atom is 0.223 e. The minimum absolute atomic E-state index is 0.00626. The van der Waals surface area contributed by atoms with E-state index in [1.165, 1.54) is 29.7 Å². The van der Waals surface area contributed by atoms with Crippen molar-refractivity contribution in [2.75, 3.05) is 46.5 Å². The van der Waals surface area contributed by atoms with Crippen molar-refractivity contribution in [1.82, 2.24) is 14.8 Å². The third-order valence-electron chi connectivity index (χ3n) is 8.57. The van der Waals surface area contributed by atoms with Crippen LogP contribution in [0.4, 0.5) is 0 Å². The van der Waals surface area contributed by atoms with Crippen LogP contribution in [0.2, 0.25) is 0 Å². The minimum Gasteiger partial charge on any atom is -0.490 e. The van der Waals surface area contributed by atoms with E-state index in [1.807, 2.05) is 12.3 Å². The Morgan fingerprint density at radius 2 is 2.09 bits per heavy atom. The lowest BCUT2D eigenvalue weighted by molar-refractivity contribution is -0.130. The molecule has 0 unspecified atom stereocenters. The van der Waals surface area contributed by atoms with Crippen molar-refractivity contribution in [2.24, 2.45) is 0 Å². The average Bonchev–Trinajstić information content (AvgIpc) is 3.45. The molecule has 3 aliphatic rings. The van der Waals surface area contributed by atoms with E-state index in [0.29, 0.717) is 13.0 Å². The Bertz CT molecular complexity index is 1030. The third kappa shape index (κ3) is 4.95. The van der Waals surface area contributed by atoms with Crippen molar-refractivity contribution in [3.63, 3.8) is 0 Å². The normalized spacial score (nSPS) is 27.2. The molecule has 2 fully saturated rings. The predicted octanol–water partition coefficient (Wildman–Crippen LogP) is 3.97. The first-order valence-electron chi connectivity index (χ1n) is 13.3. The Kier molecular flexibility index (Phi) is 7.63. The Morgan fingerprint density at radius 3 is 2.80 bits per heavy atom. The lowest BCUT2D eigenvalue weighted by atomic mass is 9.77. The molecule has 2 aliphatic carbocycles. The second kappa shape index (κ2) is 10.7. The minimum atomic E-state index is -0.00626. The molecule has 192 valence electrons. The van der Waals surface area contributed by atoms with Crippen LogP contribution in [0, 0.1) is 0 Å². The van der Waals surface area contributed by atoms with Crippen molar-refractivity contribution in [1.29, 1.82) is 0 Å². The molecule has 0 aromatic carbocycles. The van der Waals surface area contributed by atoms with Gasteiger partial charge in [0.25, 0.3) is 0 Å². The van der Waals surface area contributed by atoms with Crippen molar-refractivity contribution < 1.29 is 19.4 Å². The summed E-state index contributed by atoms with van der Waals surface area (Å²) < 4.78 is 12.3. The lowest BCUT2D eigenvalue weighted by Gasteiger charge is -2.49. The van der Waals surface area contributed by atoms with Crippen LogP contribution in [0.25, 0.3) is 10.2 Å². The molecule has 0 radical (unpaired) electrons. The molecule has 1 amide bonds. The maximum absolute atomic E-state index is 12.7. The van der Waals surface area contributed by atoms with Gasteiger partial charge in [-0.25, -0.2) is 4.98 Å². The van der Waals surface area contributed by atoms with E-state index < -0.39 is 0 Å². The highest BCUT2D eigenvalue weighted by Crippen LogP contribution is 2.48. The smallest absolute Gasteiger partial charge is 0.223 e. The molecule has 1 saturated carbocycles. The van der Waals surface area contributed by atoms with Gasteiger partial charge >= 0.3 is 0 Å². The molecule has 1 aliphatic heterocycles. The third-order valence-corrected chi connectivity index (χ3v) is 9.75. The fraction of sp³-hybridized carbons (Fsp3) is 0.704. The fourth-order valence-electron chi connectivity index (χ4n) is 6.43. The number of hydrogen-bond acceptors (Lipinski definition) is 7. The number of amides is 1. The van der Waals surface area contributed by atoms with Gasteiger partial charge in [-0.3, -0.25) is 9.69 Å². The second-order valence-corrected chi connectivity index (χ2v) is 11.5. The van der Waals surface area contributed by atoms with E-state index in [9.17, 15) is 9.90 Å². The topological polar surface area (TPSA) is 75.1 Å². The van der Waals surface area contributed by atoms with Gasteiger partial charge in [0.05, 0.1) is 31.3 Å². The van der Waals surface area contributed by atoms with Gasteiger partial charge in [0.2, 0.25) is 5.91 Å². The van der Waals surface area contributed by atoms with Crippen LogP contribution >= 0.6 is 11.3 Å². The monoisotopic (exact) mass is 501 g/mol. The summed E-state index contributed by atoms with van der Waals surface area (Å²) in [5, 5.41) is 10.3. The summed E-state index contributed by atoms with van der Waals surface area (Å²) in [6.07, 6.45) is 10.2. The van der Waals surface area contributed by atoms with E-state index in [0.717, 1.165) is 68.0 Å². The van der Waals surface area contributed by atoms with Gasteiger partial charge in [0.15, 0.2) is 0 Å². The molecule has 35 heavy (non-hydrogen) atoms. The van der Waals surface area contributed by atoms with Gasteiger partial charge < -0.3 is 19.5 Å². The molecule has 0 spiro atoms. The number of carbonyl (C=O) groups excluding carboxylic acids is 1. The number of aromatic nitrogens is 1. The van der Waals surface area contributed by atoms with Gasteiger partial charge in [-0.2, -0.15) is 0 Å². The number of rotatable bonds is 8. The molecule has 1 N–H and O–H groups in total. The van der Waals surface area contributed by atoms with Gasteiger partial charge in [-0.05, 0) is 62.5 Å². The number of aryl methyl sites for hydroxylation is 1. The van der Waals surface area contributed by atoms with Gasteiger partial charge in [-0.1, -0.05) is 6.92 Å². The summed E-state index contributed by atoms with van der Waals surface area (Å²) >= 11 is 1.76. The molecule has 1 saturated heterocycles.